The van der Waals surface area contributed by atoms with Crippen LogP contribution in [0.2, 0.25) is 0 Å². The molecule has 0 saturated heterocycles. The van der Waals surface area contributed by atoms with Crippen molar-refractivity contribution in [3.8, 4) is 66.8 Å². The highest BCUT2D eigenvalue weighted by Crippen LogP contribution is 2.64. The van der Waals surface area contributed by atoms with E-state index >= 15 is 0 Å². The number of nitrogens with zero attached hydrogens (tertiary/aromatic N) is 2. The number of anilines is 4. The molecule has 360 valence electrons. The summed E-state index contributed by atoms with van der Waals surface area (Å²) in [6, 6.07) is 86.8. The number of hydrogen-bond acceptors (Lipinski definition) is 2. The zero-order chi connectivity index (χ0) is 50.7. The molecular formula is C72H62N2. The van der Waals surface area contributed by atoms with Crippen LogP contribution >= 0.6 is 0 Å². The molecule has 0 radical (unpaired) electrons. The molecule has 10 aromatic carbocycles. The molecule has 2 heteroatoms. The largest absolute Gasteiger partial charge is 0.336 e. The first-order valence-corrected chi connectivity index (χ1v) is 26.4. The second kappa shape index (κ2) is 16.7. The smallest absolute Gasteiger partial charge is 0.0726 e. The quantitative estimate of drug-likeness (QED) is 0.157. The predicted molar refractivity (Wildman–Crippen MR) is 313 cm³/mol. The molecule has 74 heavy (non-hydrogen) atoms. The second-order valence-electron chi connectivity index (χ2n) is 23.3. The first-order chi connectivity index (χ1) is 35.7. The molecule has 0 fully saturated rings. The lowest BCUT2D eigenvalue weighted by Crippen LogP contribution is -2.37. The zero-order valence-corrected chi connectivity index (χ0v) is 43.8. The van der Waals surface area contributed by atoms with Gasteiger partial charge in [0.1, 0.15) is 0 Å². The Hall–Kier alpha value is -8.20. The van der Waals surface area contributed by atoms with Crippen molar-refractivity contribution in [1.82, 2.24) is 0 Å². The third kappa shape index (κ3) is 6.98. The Bertz CT molecular complexity index is 3830. The summed E-state index contributed by atoms with van der Waals surface area (Å²) in [5.41, 5.74) is 27.2. The number of rotatable bonds is 7. The standard InChI is InChI=1S/C72H62N2/c1-69(2,3)73(55-38-40-60-57-23-12-15-26-63(57)71(7,8)67(60)45-55)54-36-31-49(32-37-54)50-21-18-22-51(43-50)52-33-42-66-62(44-52)59-25-14-17-28-65(59)72(66)64-27-16-13-24-58(64)61-41-39-56(46-68(61)72)74(70(4,5)6)53-34-29-48(30-35-53)47-19-10-9-11-20-47/h9-46H,1-8H3. The van der Waals surface area contributed by atoms with E-state index < -0.39 is 5.41 Å². The van der Waals surface area contributed by atoms with Crippen molar-refractivity contribution in [1.29, 1.82) is 0 Å². The fourth-order valence-corrected chi connectivity index (χ4v) is 13.2. The summed E-state index contributed by atoms with van der Waals surface area (Å²) in [5.74, 6) is 0. The monoisotopic (exact) mass is 954 g/mol. The summed E-state index contributed by atoms with van der Waals surface area (Å²) in [5, 5.41) is 0. The molecule has 2 nitrogen and oxygen atoms in total. The number of hydrogen-bond donors (Lipinski definition) is 0. The highest BCUT2D eigenvalue weighted by Gasteiger charge is 2.52. The SMILES string of the molecule is CC1(C)c2ccccc2-c2ccc(N(c3ccc(-c4cccc(-c5ccc6c(c5)-c5ccccc5C65c6ccccc6-c6ccc(N(c7ccc(-c8ccccc8)cc7)C(C)(C)C)cc65)c4)cc3)C(C)(C)C)cc21. The van der Waals surface area contributed by atoms with Gasteiger partial charge >= 0.3 is 0 Å². The minimum absolute atomic E-state index is 0.0619. The van der Waals surface area contributed by atoms with Crippen LogP contribution in [0.25, 0.3) is 66.8 Å². The van der Waals surface area contributed by atoms with Crippen molar-refractivity contribution in [2.45, 2.75) is 77.3 Å². The van der Waals surface area contributed by atoms with Crippen molar-refractivity contribution < 1.29 is 0 Å². The van der Waals surface area contributed by atoms with Crippen molar-refractivity contribution in [2.75, 3.05) is 9.80 Å². The van der Waals surface area contributed by atoms with E-state index in [1.54, 1.807) is 0 Å². The normalized spacial score (nSPS) is 15.5. The third-order valence-corrected chi connectivity index (χ3v) is 16.4. The van der Waals surface area contributed by atoms with E-state index in [4.69, 9.17) is 0 Å². The van der Waals surface area contributed by atoms with Gasteiger partial charge in [-0.15, -0.1) is 0 Å². The zero-order valence-electron chi connectivity index (χ0n) is 43.8. The van der Waals surface area contributed by atoms with Gasteiger partial charge in [0.05, 0.1) is 5.41 Å². The first-order valence-electron chi connectivity index (χ1n) is 26.4. The number of benzene rings is 10. The molecule has 13 rings (SSSR count). The Balaban J connectivity index is 0.865. The van der Waals surface area contributed by atoms with Gasteiger partial charge in [-0.05, 0) is 202 Å². The molecule has 3 aliphatic rings. The molecule has 0 saturated carbocycles. The molecular weight excluding hydrogens is 893 g/mol. The van der Waals surface area contributed by atoms with Crippen molar-refractivity contribution >= 4 is 22.7 Å². The lowest BCUT2D eigenvalue weighted by molar-refractivity contribution is 0.559. The van der Waals surface area contributed by atoms with E-state index in [1.165, 1.54) is 123 Å². The van der Waals surface area contributed by atoms with Crippen LogP contribution in [-0.4, -0.2) is 11.1 Å². The van der Waals surface area contributed by atoms with Crippen LogP contribution < -0.4 is 9.80 Å². The molecule has 0 aliphatic heterocycles. The molecule has 1 spiro atoms. The minimum atomic E-state index is -0.474. The van der Waals surface area contributed by atoms with E-state index in [1.807, 2.05) is 0 Å². The second-order valence-corrected chi connectivity index (χ2v) is 23.3. The molecule has 1 unspecified atom stereocenters. The van der Waals surface area contributed by atoms with Crippen molar-refractivity contribution in [3.63, 3.8) is 0 Å². The van der Waals surface area contributed by atoms with Gasteiger partial charge < -0.3 is 9.80 Å². The van der Waals surface area contributed by atoms with Gasteiger partial charge in [0.25, 0.3) is 0 Å². The molecule has 0 amide bonds. The van der Waals surface area contributed by atoms with Gasteiger partial charge in [0.15, 0.2) is 0 Å². The summed E-state index contributed by atoms with van der Waals surface area (Å²) in [6.45, 7) is 18.6. The maximum atomic E-state index is 2.51. The fourth-order valence-electron chi connectivity index (χ4n) is 13.2. The average Bonchev–Trinajstić information content (AvgIpc) is 4.00. The Morgan fingerprint density at radius 1 is 0.257 bits per heavy atom. The molecule has 0 aromatic heterocycles. The Kier molecular flexibility index (Phi) is 10.3. The molecule has 0 heterocycles. The first kappa shape index (κ1) is 45.6. The van der Waals surface area contributed by atoms with Crippen LogP contribution in [0.4, 0.5) is 22.7 Å². The highest BCUT2D eigenvalue weighted by molar-refractivity contribution is 5.97. The predicted octanol–water partition coefficient (Wildman–Crippen LogP) is 19.2. The third-order valence-electron chi connectivity index (χ3n) is 16.4. The van der Waals surface area contributed by atoms with Crippen LogP contribution in [0.3, 0.4) is 0 Å². The summed E-state index contributed by atoms with van der Waals surface area (Å²) in [7, 11) is 0. The van der Waals surface area contributed by atoms with Crippen LogP contribution in [0.15, 0.2) is 231 Å². The van der Waals surface area contributed by atoms with Crippen LogP contribution in [0.5, 0.6) is 0 Å². The van der Waals surface area contributed by atoms with Gasteiger partial charge in [-0.2, -0.15) is 0 Å². The van der Waals surface area contributed by atoms with Crippen LogP contribution in [0.1, 0.15) is 88.8 Å². The molecule has 0 N–H and O–H groups in total. The van der Waals surface area contributed by atoms with Gasteiger partial charge in [-0.25, -0.2) is 0 Å². The van der Waals surface area contributed by atoms with Crippen molar-refractivity contribution in [2.24, 2.45) is 0 Å². The maximum absolute atomic E-state index is 2.51. The van der Waals surface area contributed by atoms with E-state index in [0.717, 1.165) is 0 Å². The average molecular weight is 955 g/mol. The summed E-state index contributed by atoms with van der Waals surface area (Å²) >= 11 is 0. The topological polar surface area (TPSA) is 6.48 Å². The van der Waals surface area contributed by atoms with E-state index in [0.29, 0.717) is 0 Å². The Morgan fingerprint density at radius 3 is 1.19 bits per heavy atom. The molecule has 3 aliphatic carbocycles. The fraction of sp³-hybridized carbons (Fsp3) is 0.167. The van der Waals surface area contributed by atoms with Crippen LogP contribution in [0, 0.1) is 0 Å². The van der Waals surface area contributed by atoms with Gasteiger partial charge in [-0.3, -0.25) is 0 Å². The van der Waals surface area contributed by atoms with E-state index in [-0.39, 0.29) is 16.5 Å². The summed E-state index contributed by atoms with van der Waals surface area (Å²) < 4.78 is 0. The van der Waals surface area contributed by atoms with Gasteiger partial charge in [0.2, 0.25) is 0 Å². The van der Waals surface area contributed by atoms with E-state index in [2.05, 4.69) is 296 Å². The highest BCUT2D eigenvalue weighted by atomic mass is 15.2. The van der Waals surface area contributed by atoms with Crippen LogP contribution in [-0.2, 0) is 10.8 Å². The molecule has 10 aromatic rings. The number of fused-ring (bicyclic) bond motifs is 13. The lowest BCUT2D eigenvalue weighted by atomic mass is 9.70. The van der Waals surface area contributed by atoms with Crippen molar-refractivity contribution in [3.05, 3.63) is 264 Å². The summed E-state index contributed by atoms with van der Waals surface area (Å²) in [6.07, 6.45) is 0. The van der Waals surface area contributed by atoms with Gasteiger partial charge in [0, 0.05) is 39.2 Å². The van der Waals surface area contributed by atoms with Gasteiger partial charge in [-0.1, -0.05) is 184 Å². The molecule has 1 atom stereocenters. The van der Waals surface area contributed by atoms with E-state index in [9.17, 15) is 0 Å². The lowest BCUT2D eigenvalue weighted by Gasteiger charge is -2.39. The summed E-state index contributed by atoms with van der Waals surface area (Å²) in [4.78, 5) is 5.01. The maximum Gasteiger partial charge on any atom is 0.0726 e. The minimum Gasteiger partial charge on any atom is -0.336 e. The molecule has 0 bridgehead atoms. The Labute approximate surface area is 438 Å². The Morgan fingerprint density at radius 2 is 0.622 bits per heavy atom.